The normalized spacial score (nSPS) is 23.8. The van der Waals surface area contributed by atoms with Crippen LogP contribution in [0.25, 0.3) is 0 Å². The Morgan fingerprint density at radius 1 is 1.25 bits per heavy atom. The Labute approximate surface area is 144 Å². The predicted molar refractivity (Wildman–Crippen MR) is 95.0 cm³/mol. The summed E-state index contributed by atoms with van der Waals surface area (Å²) in [6.07, 6.45) is 8.58. The maximum Gasteiger partial charge on any atom is 0.187 e. The molecule has 1 aliphatic heterocycles. The van der Waals surface area contributed by atoms with E-state index in [-0.39, 0.29) is 6.10 Å². The second kappa shape index (κ2) is 7.08. The van der Waals surface area contributed by atoms with Gasteiger partial charge in [-0.3, -0.25) is 0 Å². The average Bonchev–Trinajstić information content (AvgIpc) is 3.17. The summed E-state index contributed by atoms with van der Waals surface area (Å²) in [5.74, 6) is -0.550. The van der Waals surface area contributed by atoms with Crippen LogP contribution in [0.3, 0.4) is 0 Å². The number of ether oxygens (including phenoxy) is 2. The second-order valence-corrected chi connectivity index (χ2v) is 6.98. The maximum absolute atomic E-state index is 6.33. The largest absolute Gasteiger partial charge is 0.345 e. The number of hydrogen-bond donors (Lipinski definition) is 0. The molecule has 2 unspecified atom stereocenters. The first-order valence-electron chi connectivity index (χ1n) is 8.85. The summed E-state index contributed by atoms with van der Waals surface area (Å²) in [7, 11) is 0. The van der Waals surface area contributed by atoms with Crippen LogP contribution >= 0.6 is 0 Å². The van der Waals surface area contributed by atoms with E-state index in [4.69, 9.17) is 9.47 Å². The fraction of sp³-hybridized carbons (Fsp3) is 0.550. The number of nitrogens with zero attached hydrogens (tertiary/aromatic N) is 2. The summed E-state index contributed by atoms with van der Waals surface area (Å²) in [5.41, 5.74) is 5.45. The van der Waals surface area contributed by atoms with Crippen LogP contribution in [0.4, 0.5) is 0 Å². The molecule has 130 valence electrons. The number of aromatic nitrogens is 2. The number of imidazole rings is 1. The lowest BCUT2D eigenvalue weighted by Crippen LogP contribution is -2.36. The molecule has 1 aromatic heterocycles. The summed E-state index contributed by atoms with van der Waals surface area (Å²) in [4.78, 5) is 4.14. The van der Waals surface area contributed by atoms with Crippen LogP contribution in [0.1, 0.15) is 42.0 Å². The lowest BCUT2D eigenvalue weighted by Gasteiger charge is -2.29. The zero-order valence-corrected chi connectivity index (χ0v) is 15.2. The average molecular weight is 328 g/mol. The van der Waals surface area contributed by atoms with E-state index in [0.29, 0.717) is 13.2 Å². The molecule has 0 radical (unpaired) electrons. The molecule has 2 heterocycles. The van der Waals surface area contributed by atoms with Crippen LogP contribution in [0, 0.1) is 20.8 Å². The molecule has 1 aromatic carbocycles. The summed E-state index contributed by atoms with van der Waals surface area (Å²) in [6.45, 7) is 10.1. The van der Waals surface area contributed by atoms with Crippen molar-refractivity contribution in [2.45, 2.75) is 65.4 Å². The monoisotopic (exact) mass is 328 g/mol. The van der Waals surface area contributed by atoms with Crippen LogP contribution < -0.4 is 0 Å². The molecule has 0 aliphatic carbocycles. The van der Waals surface area contributed by atoms with Crippen molar-refractivity contribution in [1.82, 2.24) is 9.55 Å². The standard InChI is InChI=1S/C20H28N2O2/c1-5-18-12-23-20(24-18,13-22-9-8-21-14-22)7-6-19-16(3)10-15(2)11-17(19)4/h8-11,14,18H,5-7,12-13H2,1-4H3. The zero-order valence-electron chi connectivity index (χ0n) is 15.2. The van der Waals surface area contributed by atoms with Crippen molar-refractivity contribution in [2.75, 3.05) is 6.61 Å². The maximum atomic E-state index is 6.33. The Bertz CT molecular complexity index is 658. The minimum Gasteiger partial charge on any atom is -0.345 e. The van der Waals surface area contributed by atoms with Crippen molar-refractivity contribution in [1.29, 1.82) is 0 Å². The third-order valence-electron chi connectivity index (χ3n) is 4.95. The van der Waals surface area contributed by atoms with Crippen molar-refractivity contribution in [3.8, 4) is 0 Å². The third-order valence-corrected chi connectivity index (χ3v) is 4.95. The number of rotatable bonds is 6. The van der Waals surface area contributed by atoms with Crippen LogP contribution in [0.2, 0.25) is 0 Å². The summed E-state index contributed by atoms with van der Waals surface area (Å²) >= 11 is 0. The number of hydrogen-bond acceptors (Lipinski definition) is 3. The van der Waals surface area contributed by atoms with Crippen molar-refractivity contribution in [3.05, 3.63) is 53.1 Å². The zero-order chi connectivity index (χ0) is 17.2. The highest BCUT2D eigenvalue weighted by atomic mass is 16.7. The van der Waals surface area contributed by atoms with E-state index < -0.39 is 5.79 Å². The van der Waals surface area contributed by atoms with Crippen molar-refractivity contribution in [2.24, 2.45) is 0 Å². The van der Waals surface area contributed by atoms with E-state index in [1.807, 2.05) is 17.1 Å². The molecule has 2 aromatic rings. The van der Waals surface area contributed by atoms with Gasteiger partial charge in [-0.2, -0.15) is 0 Å². The minimum atomic E-state index is -0.550. The molecule has 0 spiro atoms. The van der Waals surface area contributed by atoms with Gasteiger partial charge in [0, 0.05) is 18.8 Å². The van der Waals surface area contributed by atoms with Crippen molar-refractivity contribution >= 4 is 0 Å². The lowest BCUT2D eigenvalue weighted by molar-refractivity contribution is -0.182. The number of benzene rings is 1. The van der Waals surface area contributed by atoms with Gasteiger partial charge in [0.2, 0.25) is 0 Å². The molecule has 1 aliphatic rings. The van der Waals surface area contributed by atoms with Gasteiger partial charge in [-0.15, -0.1) is 0 Å². The summed E-state index contributed by atoms with van der Waals surface area (Å²) in [6, 6.07) is 4.52. The highest BCUT2D eigenvalue weighted by Crippen LogP contribution is 2.33. The Morgan fingerprint density at radius 3 is 2.58 bits per heavy atom. The lowest BCUT2D eigenvalue weighted by atomic mass is 9.94. The van der Waals surface area contributed by atoms with Gasteiger partial charge in [0.25, 0.3) is 0 Å². The summed E-state index contributed by atoms with van der Waals surface area (Å²) < 4.78 is 14.5. The van der Waals surface area contributed by atoms with Gasteiger partial charge in [0.05, 0.1) is 25.6 Å². The minimum absolute atomic E-state index is 0.189. The Balaban J connectivity index is 1.78. The van der Waals surface area contributed by atoms with Gasteiger partial charge in [-0.25, -0.2) is 4.98 Å². The fourth-order valence-electron chi connectivity index (χ4n) is 3.69. The molecule has 1 saturated heterocycles. The topological polar surface area (TPSA) is 36.3 Å². The Hall–Kier alpha value is -1.65. The van der Waals surface area contributed by atoms with E-state index >= 15 is 0 Å². The molecule has 0 N–H and O–H groups in total. The van der Waals surface area contributed by atoms with E-state index in [1.165, 1.54) is 22.3 Å². The van der Waals surface area contributed by atoms with Gasteiger partial charge >= 0.3 is 0 Å². The van der Waals surface area contributed by atoms with E-state index in [2.05, 4.69) is 44.8 Å². The SMILES string of the molecule is CCC1COC(CCc2c(C)cc(C)cc2C)(Cn2ccnc2)O1. The van der Waals surface area contributed by atoms with Gasteiger partial charge in [-0.1, -0.05) is 24.6 Å². The smallest absolute Gasteiger partial charge is 0.187 e. The molecule has 4 nitrogen and oxygen atoms in total. The van der Waals surface area contributed by atoms with Gasteiger partial charge in [0.1, 0.15) is 0 Å². The molecular formula is C20H28N2O2. The highest BCUT2D eigenvalue weighted by Gasteiger charge is 2.41. The van der Waals surface area contributed by atoms with E-state index in [1.54, 1.807) is 6.20 Å². The first-order valence-corrected chi connectivity index (χ1v) is 8.85. The van der Waals surface area contributed by atoms with Crippen LogP contribution in [-0.4, -0.2) is 28.0 Å². The molecule has 0 bridgehead atoms. The first-order chi connectivity index (χ1) is 11.5. The van der Waals surface area contributed by atoms with Crippen molar-refractivity contribution in [3.63, 3.8) is 0 Å². The Kier molecular flexibility index (Phi) is 5.07. The molecule has 3 rings (SSSR count). The van der Waals surface area contributed by atoms with Gasteiger partial charge in [-0.05, 0) is 50.3 Å². The molecule has 4 heteroatoms. The third kappa shape index (κ3) is 3.70. The molecule has 2 atom stereocenters. The van der Waals surface area contributed by atoms with E-state index in [9.17, 15) is 0 Å². The molecule has 0 saturated carbocycles. The quantitative estimate of drug-likeness (QED) is 0.805. The molecule has 0 amide bonds. The van der Waals surface area contributed by atoms with Crippen molar-refractivity contribution < 1.29 is 9.47 Å². The van der Waals surface area contributed by atoms with Gasteiger partial charge in [0.15, 0.2) is 5.79 Å². The van der Waals surface area contributed by atoms with Crippen LogP contribution in [-0.2, 0) is 22.4 Å². The highest BCUT2D eigenvalue weighted by molar-refractivity contribution is 5.37. The summed E-state index contributed by atoms with van der Waals surface area (Å²) in [5, 5.41) is 0. The number of aryl methyl sites for hydroxylation is 3. The predicted octanol–water partition coefficient (Wildman–Crippen LogP) is 3.96. The van der Waals surface area contributed by atoms with Gasteiger partial charge < -0.3 is 14.0 Å². The first kappa shape index (κ1) is 17.2. The molecule has 1 fully saturated rings. The molecular weight excluding hydrogens is 300 g/mol. The second-order valence-electron chi connectivity index (χ2n) is 6.98. The molecule has 24 heavy (non-hydrogen) atoms. The fourth-order valence-corrected chi connectivity index (χ4v) is 3.69. The van der Waals surface area contributed by atoms with Crippen LogP contribution in [0.15, 0.2) is 30.9 Å². The van der Waals surface area contributed by atoms with E-state index in [0.717, 1.165) is 19.3 Å². The van der Waals surface area contributed by atoms with Crippen LogP contribution in [0.5, 0.6) is 0 Å². The Morgan fingerprint density at radius 2 is 2.00 bits per heavy atom.